The second-order valence-corrected chi connectivity index (χ2v) is 10.3. The number of aromatic nitrogens is 3. The number of halogens is 3. The van der Waals surface area contributed by atoms with Crippen LogP contribution in [-0.4, -0.2) is 63.3 Å². The molecule has 0 radical (unpaired) electrons. The summed E-state index contributed by atoms with van der Waals surface area (Å²) in [6.45, 7) is 3.08. The Morgan fingerprint density at radius 3 is 2.31 bits per heavy atom. The Bertz CT molecular complexity index is 1520. The lowest BCUT2D eigenvalue weighted by Gasteiger charge is -2.44. The first kappa shape index (κ1) is 30.5. The zero-order valence-electron chi connectivity index (χ0n) is 22.3. The number of nitriles is 1. The van der Waals surface area contributed by atoms with Gasteiger partial charge in [0.05, 0.1) is 17.8 Å². The van der Waals surface area contributed by atoms with Crippen LogP contribution in [0.15, 0.2) is 47.5 Å². The van der Waals surface area contributed by atoms with Crippen molar-refractivity contribution >= 4 is 29.7 Å². The molecule has 0 saturated carbocycles. The first-order valence-corrected chi connectivity index (χ1v) is 13.2. The number of ether oxygens (including phenoxy) is 4. The molecule has 3 aromatic rings. The molecule has 15 heteroatoms. The Hall–Kier alpha value is -4.42. The third-order valence-corrected chi connectivity index (χ3v) is 7.12. The van der Waals surface area contributed by atoms with E-state index >= 15 is 0 Å². The van der Waals surface area contributed by atoms with Crippen LogP contribution in [0.4, 0.5) is 13.2 Å². The van der Waals surface area contributed by atoms with Crippen LogP contribution in [0, 0.1) is 28.8 Å². The van der Waals surface area contributed by atoms with Crippen molar-refractivity contribution in [2.45, 2.75) is 55.5 Å². The summed E-state index contributed by atoms with van der Waals surface area (Å²) >= 11 is 1.08. The topological polar surface area (TPSA) is 143 Å². The summed E-state index contributed by atoms with van der Waals surface area (Å²) < 4.78 is 65.2. The highest BCUT2D eigenvalue weighted by Crippen LogP contribution is 2.41. The zero-order chi connectivity index (χ0) is 30.6. The van der Waals surface area contributed by atoms with Crippen molar-refractivity contribution in [3.8, 4) is 17.3 Å². The van der Waals surface area contributed by atoms with Crippen molar-refractivity contribution < 1.29 is 46.5 Å². The largest absolute Gasteiger partial charge is 0.463 e. The maximum Gasteiger partial charge on any atom is 0.303 e. The fourth-order valence-electron chi connectivity index (χ4n) is 4.31. The van der Waals surface area contributed by atoms with Gasteiger partial charge in [-0.25, -0.2) is 17.9 Å². The second kappa shape index (κ2) is 13.0. The van der Waals surface area contributed by atoms with Crippen molar-refractivity contribution in [1.29, 1.82) is 5.26 Å². The first-order chi connectivity index (χ1) is 20.0. The molecule has 3 unspecified atom stereocenters. The molecule has 0 spiro atoms. The highest BCUT2D eigenvalue weighted by Gasteiger charge is 2.52. The average Bonchev–Trinajstić information content (AvgIpc) is 3.41. The molecule has 1 fully saturated rings. The van der Waals surface area contributed by atoms with E-state index in [4.69, 9.17) is 18.9 Å². The summed E-state index contributed by atoms with van der Waals surface area (Å²) in [7, 11) is 0. The zero-order valence-corrected chi connectivity index (χ0v) is 23.1. The molecule has 220 valence electrons. The molecular weight excluding hydrogens is 581 g/mol. The monoisotopic (exact) mass is 604 g/mol. The molecule has 11 nitrogen and oxygen atoms in total. The fourth-order valence-corrected chi connectivity index (χ4v) is 5.48. The van der Waals surface area contributed by atoms with Gasteiger partial charge in [0.2, 0.25) is 0 Å². The molecule has 1 aliphatic heterocycles. The van der Waals surface area contributed by atoms with Crippen LogP contribution in [0.5, 0.6) is 0 Å². The van der Waals surface area contributed by atoms with Gasteiger partial charge < -0.3 is 18.9 Å². The van der Waals surface area contributed by atoms with E-state index in [1.807, 2.05) is 6.07 Å². The molecule has 1 aliphatic rings. The van der Waals surface area contributed by atoms with Gasteiger partial charge in [0.15, 0.2) is 29.7 Å². The van der Waals surface area contributed by atoms with Crippen LogP contribution < -0.4 is 0 Å². The molecule has 4 rings (SSSR count). The fraction of sp³-hybridized carbons (Fsp3) is 0.333. The van der Waals surface area contributed by atoms with Crippen molar-refractivity contribution in [1.82, 2.24) is 15.0 Å². The minimum atomic E-state index is -1.66. The SMILES string of the molecule is CC(=O)OCC1O[C@H](Sc2cccc(C#N)c2)C(OC(C)=O)C(n2cc(-c3cc(F)c(F)c(F)c3)nn2)[C@H]1OC(C)=O. The van der Waals surface area contributed by atoms with Gasteiger partial charge in [-0.1, -0.05) is 23.0 Å². The third kappa shape index (κ3) is 7.07. The van der Waals surface area contributed by atoms with Crippen molar-refractivity contribution in [2.75, 3.05) is 6.61 Å². The Balaban J connectivity index is 1.82. The van der Waals surface area contributed by atoms with E-state index in [9.17, 15) is 32.8 Å². The van der Waals surface area contributed by atoms with Gasteiger partial charge in [-0.05, 0) is 30.3 Å². The molecule has 0 bridgehead atoms. The minimum absolute atomic E-state index is 0.0788. The van der Waals surface area contributed by atoms with E-state index < -0.39 is 65.1 Å². The van der Waals surface area contributed by atoms with Gasteiger partial charge >= 0.3 is 17.9 Å². The highest BCUT2D eigenvalue weighted by molar-refractivity contribution is 7.99. The number of rotatable bonds is 8. The minimum Gasteiger partial charge on any atom is -0.463 e. The molecule has 42 heavy (non-hydrogen) atoms. The third-order valence-electron chi connectivity index (χ3n) is 5.98. The standard InChI is InChI=1S/C27H23F3N4O7S/c1-13(35)38-12-22-25(39-14(2)36)24(34-11-21(32-33-34)17-8-19(28)23(30)20(29)9-17)26(40-15(3)37)27(41-22)42-18-6-4-5-16(7-18)10-31/h4-9,11,22,24-27H,12H2,1-3H3/t22?,24?,25-,26?,27+/m0/s1. The van der Waals surface area contributed by atoms with Gasteiger partial charge in [0.25, 0.3) is 0 Å². The lowest BCUT2D eigenvalue weighted by atomic mass is 9.96. The molecule has 5 atom stereocenters. The van der Waals surface area contributed by atoms with Crippen LogP contribution in [0.1, 0.15) is 32.4 Å². The summed E-state index contributed by atoms with van der Waals surface area (Å²) in [5, 5.41) is 17.3. The van der Waals surface area contributed by atoms with Gasteiger partial charge in [-0.15, -0.1) is 5.10 Å². The Morgan fingerprint density at radius 1 is 1.02 bits per heavy atom. The molecular formula is C27H23F3N4O7S. The van der Waals surface area contributed by atoms with Crippen LogP contribution in [0.3, 0.4) is 0 Å². The predicted octanol–water partition coefficient (Wildman–Crippen LogP) is 3.72. The van der Waals surface area contributed by atoms with Gasteiger partial charge in [-0.3, -0.25) is 14.4 Å². The summed E-state index contributed by atoms with van der Waals surface area (Å²) in [5.41, 5.74) is -0.905. The maximum atomic E-state index is 13.9. The Morgan fingerprint density at radius 2 is 1.69 bits per heavy atom. The van der Waals surface area contributed by atoms with Crippen LogP contribution in [0.25, 0.3) is 11.3 Å². The summed E-state index contributed by atoms with van der Waals surface area (Å²) in [5.74, 6) is -6.67. The quantitative estimate of drug-likeness (QED) is 0.211. The van der Waals surface area contributed by atoms with Crippen LogP contribution in [-0.2, 0) is 33.3 Å². The van der Waals surface area contributed by atoms with Gasteiger partial charge in [0, 0.05) is 31.2 Å². The van der Waals surface area contributed by atoms with E-state index in [-0.39, 0.29) is 17.9 Å². The molecule has 1 aromatic heterocycles. The number of carbonyl (C=O) groups excluding carboxylic acids is 3. The summed E-state index contributed by atoms with van der Waals surface area (Å²) in [6, 6.07) is 8.84. The molecule has 2 heterocycles. The van der Waals surface area contributed by atoms with E-state index in [1.165, 1.54) is 13.1 Å². The van der Waals surface area contributed by atoms with Gasteiger partial charge in [0.1, 0.15) is 29.9 Å². The van der Waals surface area contributed by atoms with Crippen LogP contribution >= 0.6 is 11.8 Å². The van der Waals surface area contributed by atoms with Gasteiger partial charge in [-0.2, -0.15) is 5.26 Å². The summed E-state index contributed by atoms with van der Waals surface area (Å²) in [4.78, 5) is 36.7. The van der Waals surface area contributed by atoms with Crippen molar-refractivity contribution in [3.05, 3.63) is 65.6 Å². The lowest BCUT2D eigenvalue weighted by Crippen LogP contribution is -2.57. The van der Waals surface area contributed by atoms with E-state index in [0.29, 0.717) is 10.5 Å². The van der Waals surface area contributed by atoms with Crippen LogP contribution in [0.2, 0.25) is 0 Å². The van der Waals surface area contributed by atoms with Crippen molar-refractivity contribution in [2.24, 2.45) is 0 Å². The van der Waals surface area contributed by atoms with Crippen molar-refractivity contribution in [3.63, 3.8) is 0 Å². The highest BCUT2D eigenvalue weighted by atomic mass is 32.2. The number of carbonyl (C=O) groups is 3. The number of hydrogen-bond acceptors (Lipinski definition) is 11. The average molecular weight is 605 g/mol. The normalized spacial score (nSPS) is 21.7. The first-order valence-electron chi connectivity index (χ1n) is 12.3. The summed E-state index contributed by atoms with van der Waals surface area (Å²) in [6.07, 6.45) is -2.37. The Kier molecular flexibility index (Phi) is 9.48. The van der Waals surface area contributed by atoms with E-state index in [2.05, 4.69) is 10.3 Å². The molecule has 0 amide bonds. The maximum absolute atomic E-state index is 13.9. The Labute approximate surface area is 241 Å². The number of nitrogens with zero attached hydrogens (tertiary/aromatic N) is 4. The number of thioether (sulfide) groups is 1. The van der Waals surface area contributed by atoms with E-state index in [0.717, 1.165) is 42.4 Å². The number of hydrogen-bond donors (Lipinski definition) is 0. The molecule has 0 aliphatic carbocycles. The number of esters is 3. The molecule has 2 aromatic carbocycles. The molecule has 0 N–H and O–H groups in total. The smallest absolute Gasteiger partial charge is 0.303 e. The van der Waals surface area contributed by atoms with E-state index in [1.54, 1.807) is 24.3 Å². The predicted molar refractivity (Wildman–Crippen MR) is 138 cm³/mol. The molecule has 1 saturated heterocycles. The second-order valence-electron chi connectivity index (χ2n) is 9.08. The number of benzene rings is 2. The lowest BCUT2D eigenvalue weighted by molar-refractivity contribution is -0.212.